The van der Waals surface area contributed by atoms with Crippen LogP contribution in [0.2, 0.25) is 0 Å². The first-order valence-corrected chi connectivity index (χ1v) is 11.3. The summed E-state index contributed by atoms with van der Waals surface area (Å²) in [6, 6.07) is 0. The first kappa shape index (κ1) is 65.8. The average Bonchev–Trinajstić information content (AvgIpc) is 2.97. The van der Waals surface area contributed by atoms with E-state index in [1.165, 1.54) is 0 Å². The van der Waals surface area contributed by atoms with Gasteiger partial charge >= 0.3 is 83.5 Å². The van der Waals surface area contributed by atoms with Crippen molar-refractivity contribution >= 4 is 22.8 Å². The second kappa shape index (κ2) is 22.3. The van der Waals surface area contributed by atoms with Crippen molar-refractivity contribution in [3.8, 4) is 0 Å². The Balaban J connectivity index is -0.000000154. The van der Waals surface area contributed by atoms with Gasteiger partial charge in [-0.3, -0.25) is 21.6 Å². The zero-order valence-corrected chi connectivity index (χ0v) is 27.1. The number of nitrogens with one attached hydrogen (secondary N) is 8. The van der Waals surface area contributed by atoms with Gasteiger partial charge in [0.25, 0.3) is 0 Å². The zero-order chi connectivity index (χ0) is 46.9. The van der Waals surface area contributed by atoms with Crippen molar-refractivity contribution in [3.05, 3.63) is 69.0 Å². The zero-order valence-electron chi connectivity index (χ0n) is 25.2. The predicted molar refractivity (Wildman–Crippen MR) is 129 cm³/mol. The number of alkyl halides is 24. The third-order valence-electron chi connectivity index (χ3n) is 4.02. The summed E-state index contributed by atoms with van der Waals surface area (Å²) in [6.07, 6.45) is -44.3. The molecule has 0 unspecified atom stereocenters. The molecular formula is C20H8Cu2F28N8. The number of rotatable bonds is 4. The first-order chi connectivity index (χ1) is 23.9. The normalized spacial score (nSPS) is 14.6. The van der Waals surface area contributed by atoms with Crippen LogP contribution in [0.15, 0.2) is 46.1 Å². The largest absolute Gasteiger partial charge is 2.00 e. The number of allylic oxidation sites excluding steroid dienone is 8. The molecule has 2 radical (unpaired) electrons. The van der Waals surface area contributed by atoms with E-state index in [2.05, 4.69) is 0 Å². The van der Waals surface area contributed by atoms with Crippen LogP contribution in [0.4, 0.5) is 123 Å². The Bertz CT molecular complexity index is 1330. The van der Waals surface area contributed by atoms with Gasteiger partial charge in [0, 0.05) is 0 Å². The van der Waals surface area contributed by atoms with E-state index in [4.69, 9.17) is 44.6 Å². The molecule has 0 heterocycles. The molecule has 0 aromatic heterocycles. The van der Waals surface area contributed by atoms with Crippen molar-refractivity contribution in [1.29, 1.82) is 21.6 Å². The van der Waals surface area contributed by atoms with Gasteiger partial charge in [0.05, 0.1) is 0 Å². The van der Waals surface area contributed by atoms with Crippen LogP contribution in [0.25, 0.3) is 22.9 Å². The van der Waals surface area contributed by atoms with Gasteiger partial charge in [-0.2, -0.15) is 105 Å². The maximum Gasteiger partial charge on any atom is 2.00 e. The third-order valence-corrected chi connectivity index (χ3v) is 4.02. The van der Waals surface area contributed by atoms with Crippen LogP contribution in [0, 0.1) is 21.6 Å². The molecule has 38 heteroatoms. The van der Waals surface area contributed by atoms with E-state index >= 15 is 0 Å². The summed E-state index contributed by atoms with van der Waals surface area (Å²) in [7, 11) is 0. The molecule has 0 saturated carbocycles. The van der Waals surface area contributed by atoms with Gasteiger partial charge in [-0.1, -0.05) is 0 Å². The Morgan fingerprint density at radius 2 is 0.328 bits per heavy atom. The van der Waals surface area contributed by atoms with Crippen molar-refractivity contribution in [1.82, 2.24) is 0 Å². The second-order valence-corrected chi connectivity index (χ2v) is 8.24. The maximum absolute atomic E-state index is 12.2. The van der Waals surface area contributed by atoms with E-state index in [0.717, 1.165) is 0 Å². The van der Waals surface area contributed by atoms with Crippen LogP contribution in [0.1, 0.15) is 0 Å². The Kier molecular flexibility index (Phi) is 25.3. The Labute approximate surface area is 320 Å². The summed E-state index contributed by atoms with van der Waals surface area (Å²) in [5, 5.41) is 23.9. The standard InChI is InChI=1S/4C5H2F7N2.2Cu/c4*6-1(2(13)4(7,8)9)3(14)5(10,11)12;;/h4*13-14H;;/q4*-1;2*+2/b4*2-1+,14-3?;;. The molecule has 8 nitrogen and oxygen atoms in total. The minimum Gasteiger partial charge on any atom is -0.692 e. The molecular weight excluding hydrogens is 1010 g/mol. The molecule has 0 atom stereocenters. The number of hydrogen-bond donors (Lipinski definition) is 4. The molecule has 0 aliphatic carbocycles. The molecule has 0 rings (SSSR count). The molecule has 0 aliphatic rings. The van der Waals surface area contributed by atoms with Crippen LogP contribution in [-0.2, 0) is 34.1 Å². The van der Waals surface area contributed by atoms with Crippen molar-refractivity contribution in [2.45, 2.75) is 49.4 Å². The fourth-order valence-electron chi connectivity index (χ4n) is 1.50. The Hall–Kier alpha value is -4.08. The van der Waals surface area contributed by atoms with Crippen molar-refractivity contribution < 1.29 is 157 Å². The van der Waals surface area contributed by atoms with Crippen molar-refractivity contribution in [3.63, 3.8) is 0 Å². The van der Waals surface area contributed by atoms with Crippen LogP contribution in [0.5, 0.6) is 0 Å². The van der Waals surface area contributed by atoms with E-state index in [-0.39, 0.29) is 34.1 Å². The molecule has 0 aromatic carbocycles. The molecule has 8 N–H and O–H groups in total. The summed E-state index contributed by atoms with van der Waals surface area (Å²) >= 11 is 0. The maximum atomic E-state index is 12.2. The number of halogens is 28. The summed E-state index contributed by atoms with van der Waals surface area (Å²) in [6.45, 7) is 0. The molecule has 0 spiro atoms. The van der Waals surface area contributed by atoms with Gasteiger partial charge in [0.1, 0.15) is 23.3 Å². The molecule has 0 bridgehead atoms. The Morgan fingerprint density at radius 3 is 0.379 bits per heavy atom. The van der Waals surface area contributed by atoms with E-state index < -0.39 is 118 Å². The summed E-state index contributed by atoms with van der Waals surface area (Å²) < 4.78 is 325. The molecule has 0 aliphatic heterocycles. The van der Waals surface area contributed by atoms with E-state index in [0.29, 0.717) is 0 Å². The van der Waals surface area contributed by atoms with E-state index in [9.17, 15) is 123 Å². The van der Waals surface area contributed by atoms with Crippen LogP contribution >= 0.6 is 0 Å². The van der Waals surface area contributed by atoms with Gasteiger partial charge in [-0.15, -0.1) is 0 Å². The molecule has 0 saturated heterocycles. The van der Waals surface area contributed by atoms with Gasteiger partial charge < -0.3 is 22.9 Å². The van der Waals surface area contributed by atoms with Gasteiger partial charge in [0.2, 0.25) is 0 Å². The average molecular weight is 1020 g/mol. The molecule has 0 fully saturated rings. The monoisotopic (exact) mass is 1020 g/mol. The molecule has 0 amide bonds. The van der Waals surface area contributed by atoms with Gasteiger partial charge in [-0.05, 0) is 22.8 Å². The molecule has 58 heavy (non-hydrogen) atoms. The molecule has 346 valence electrons. The fourth-order valence-corrected chi connectivity index (χ4v) is 1.50. The summed E-state index contributed by atoms with van der Waals surface area (Å²) in [5.41, 5.74) is 1.36. The van der Waals surface area contributed by atoms with Gasteiger partial charge in [-0.25, -0.2) is 17.6 Å². The predicted octanol–water partition coefficient (Wildman–Crippen LogP) is 13.5. The SMILES string of the molecule is N=C(/C(F)=C(\[NH-])C(F)(F)F)C(F)(F)F.N=C(/C(F)=C(\[NH-])C(F)(F)F)C(F)(F)F.N=C(/C(F)=C(\[NH-])C(F)(F)F)C(F)(F)F.N=C(/C(F)=C(\[NH-])C(F)(F)F)C(F)(F)F.[Cu+2].[Cu+2]. The van der Waals surface area contributed by atoms with Crippen molar-refractivity contribution in [2.75, 3.05) is 0 Å². The smallest absolute Gasteiger partial charge is 0.692 e. The minimum atomic E-state index is -5.54. The van der Waals surface area contributed by atoms with Crippen LogP contribution < -0.4 is 0 Å². The molecule has 0 aromatic rings. The number of hydrogen-bond acceptors (Lipinski definition) is 4. The topological polar surface area (TPSA) is 191 Å². The van der Waals surface area contributed by atoms with E-state index in [1.807, 2.05) is 0 Å². The van der Waals surface area contributed by atoms with Crippen LogP contribution in [-0.4, -0.2) is 72.3 Å². The van der Waals surface area contributed by atoms with Crippen LogP contribution in [0.3, 0.4) is 0 Å². The quantitative estimate of drug-likeness (QED) is 0.119. The second-order valence-electron chi connectivity index (χ2n) is 8.24. The van der Waals surface area contributed by atoms with E-state index in [1.54, 1.807) is 0 Å². The first-order valence-electron chi connectivity index (χ1n) is 11.3. The summed E-state index contributed by atoms with van der Waals surface area (Å²) in [5.74, 6) is -11.8. The Morgan fingerprint density at radius 1 is 0.241 bits per heavy atom. The van der Waals surface area contributed by atoms with Crippen molar-refractivity contribution in [2.24, 2.45) is 0 Å². The third kappa shape index (κ3) is 23.4. The summed E-state index contributed by atoms with van der Waals surface area (Å²) in [4.78, 5) is 0. The fraction of sp³-hybridized carbons (Fsp3) is 0.400. The minimum absolute atomic E-state index is 0. The van der Waals surface area contributed by atoms with Gasteiger partial charge in [0.15, 0.2) is 22.8 Å².